The molecule has 128 valence electrons. The number of carbonyl (C=O) groups excluding carboxylic acids is 3. The average Bonchev–Trinajstić information content (AvgIpc) is 2.61. The predicted molar refractivity (Wildman–Crippen MR) is 88.5 cm³/mol. The van der Waals surface area contributed by atoms with Crippen molar-refractivity contribution in [1.29, 1.82) is 0 Å². The normalized spacial score (nSPS) is 16.3. The van der Waals surface area contributed by atoms with Crippen LogP contribution in [-0.4, -0.2) is 31.1 Å². The molecular formula is C18H21NO5. The maximum absolute atomic E-state index is 12.0. The van der Waals surface area contributed by atoms with E-state index in [1.54, 1.807) is 31.2 Å². The van der Waals surface area contributed by atoms with Crippen molar-refractivity contribution in [2.45, 2.75) is 26.2 Å². The second-order valence-corrected chi connectivity index (χ2v) is 5.40. The van der Waals surface area contributed by atoms with Gasteiger partial charge in [0.15, 0.2) is 6.61 Å². The van der Waals surface area contributed by atoms with Gasteiger partial charge in [0, 0.05) is 0 Å². The minimum atomic E-state index is -0.514. The van der Waals surface area contributed by atoms with Crippen LogP contribution in [0.3, 0.4) is 0 Å². The summed E-state index contributed by atoms with van der Waals surface area (Å²) in [7, 11) is 0. The number of hydrogen-bond donors (Lipinski definition) is 1. The highest BCUT2D eigenvalue weighted by molar-refractivity contribution is 6.01. The molecule has 6 nitrogen and oxygen atoms in total. The molecule has 6 heteroatoms. The minimum Gasteiger partial charge on any atom is -0.462 e. The molecule has 1 aromatic carbocycles. The molecule has 1 aromatic rings. The Morgan fingerprint density at radius 2 is 1.96 bits per heavy atom. The number of benzene rings is 1. The first-order chi connectivity index (χ1) is 11.6. The van der Waals surface area contributed by atoms with Crippen LogP contribution in [0.4, 0.5) is 5.69 Å². The molecule has 1 aliphatic carbocycles. The van der Waals surface area contributed by atoms with E-state index >= 15 is 0 Å². The zero-order chi connectivity index (χ0) is 17.4. The predicted octanol–water partition coefficient (Wildman–Crippen LogP) is 2.70. The Morgan fingerprint density at radius 3 is 2.67 bits per heavy atom. The molecule has 24 heavy (non-hydrogen) atoms. The fourth-order valence-corrected chi connectivity index (χ4v) is 2.43. The van der Waals surface area contributed by atoms with Crippen LogP contribution in [0, 0.1) is 5.92 Å². The lowest BCUT2D eigenvalue weighted by Gasteiger charge is -2.16. The van der Waals surface area contributed by atoms with Gasteiger partial charge < -0.3 is 14.8 Å². The summed E-state index contributed by atoms with van der Waals surface area (Å²) in [6, 6.07) is 6.53. The first-order valence-corrected chi connectivity index (χ1v) is 7.99. The van der Waals surface area contributed by atoms with Crippen LogP contribution in [0.25, 0.3) is 0 Å². The Kier molecular flexibility index (Phi) is 6.54. The van der Waals surface area contributed by atoms with Crippen molar-refractivity contribution in [3.63, 3.8) is 0 Å². The molecule has 0 heterocycles. The van der Waals surface area contributed by atoms with Gasteiger partial charge in [-0.25, -0.2) is 4.79 Å². The largest absolute Gasteiger partial charge is 0.462 e. The summed E-state index contributed by atoms with van der Waals surface area (Å²) in [6.07, 6.45) is 6.21. The van der Waals surface area contributed by atoms with E-state index in [0.29, 0.717) is 12.1 Å². The number of amides is 1. The molecule has 2 rings (SSSR count). The molecular weight excluding hydrogens is 310 g/mol. The number of carbonyl (C=O) groups is 3. The van der Waals surface area contributed by atoms with Crippen LogP contribution < -0.4 is 5.32 Å². The minimum absolute atomic E-state index is 0.186. The fraction of sp³-hybridized carbons (Fsp3) is 0.389. The van der Waals surface area contributed by atoms with Crippen LogP contribution in [0.1, 0.15) is 36.5 Å². The van der Waals surface area contributed by atoms with E-state index in [-0.39, 0.29) is 30.7 Å². The Morgan fingerprint density at radius 1 is 1.17 bits per heavy atom. The van der Waals surface area contributed by atoms with Crippen molar-refractivity contribution >= 4 is 23.5 Å². The molecule has 0 radical (unpaired) electrons. The molecule has 0 aliphatic heterocycles. The summed E-state index contributed by atoms with van der Waals surface area (Å²) < 4.78 is 10.0. The second kappa shape index (κ2) is 8.86. The van der Waals surface area contributed by atoms with E-state index in [1.807, 2.05) is 12.2 Å². The summed E-state index contributed by atoms with van der Waals surface area (Å²) in [4.78, 5) is 35.7. The highest BCUT2D eigenvalue weighted by atomic mass is 16.5. The van der Waals surface area contributed by atoms with Crippen molar-refractivity contribution in [2.24, 2.45) is 5.92 Å². The van der Waals surface area contributed by atoms with Crippen molar-refractivity contribution in [2.75, 3.05) is 18.5 Å². The molecule has 1 N–H and O–H groups in total. The van der Waals surface area contributed by atoms with E-state index in [0.717, 1.165) is 12.8 Å². The van der Waals surface area contributed by atoms with Crippen LogP contribution in [0.15, 0.2) is 36.4 Å². The fourth-order valence-electron chi connectivity index (χ4n) is 2.43. The number of rotatable bonds is 6. The third kappa shape index (κ3) is 4.94. The van der Waals surface area contributed by atoms with Crippen LogP contribution in [0.2, 0.25) is 0 Å². The van der Waals surface area contributed by atoms with Crippen molar-refractivity contribution < 1.29 is 23.9 Å². The van der Waals surface area contributed by atoms with Gasteiger partial charge in [0.25, 0.3) is 5.91 Å². The standard InChI is InChI=1S/C18H21NO5/c1-2-23-18(22)14-10-6-7-11-15(14)19-16(20)12-24-17(21)13-8-4-3-5-9-13/h3-4,6-7,10-11,13H,2,5,8-9,12H2,1H3,(H,19,20)/t13-/m1/s1. The van der Waals surface area contributed by atoms with Crippen LogP contribution in [0.5, 0.6) is 0 Å². The van der Waals surface area contributed by atoms with Crippen LogP contribution in [-0.2, 0) is 19.1 Å². The average molecular weight is 331 g/mol. The highest BCUT2D eigenvalue weighted by Crippen LogP contribution is 2.20. The third-order valence-corrected chi connectivity index (χ3v) is 3.64. The Bertz CT molecular complexity index is 638. The maximum atomic E-state index is 12.0. The highest BCUT2D eigenvalue weighted by Gasteiger charge is 2.21. The molecule has 1 aliphatic rings. The van der Waals surface area contributed by atoms with Crippen molar-refractivity contribution in [3.05, 3.63) is 42.0 Å². The molecule has 0 bridgehead atoms. The lowest BCUT2D eigenvalue weighted by atomic mass is 9.95. The van der Waals surface area contributed by atoms with Crippen molar-refractivity contribution in [1.82, 2.24) is 0 Å². The molecule has 1 amide bonds. The zero-order valence-corrected chi connectivity index (χ0v) is 13.6. The topological polar surface area (TPSA) is 81.7 Å². The molecule has 0 aromatic heterocycles. The monoisotopic (exact) mass is 331 g/mol. The van der Waals surface area contributed by atoms with Gasteiger partial charge in [-0.1, -0.05) is 24.3 Å². The van der Waals surface area contributed by atoms with E-state index in [2.05, 4.69) is 5.32 Å². The molecule has 0 spiro atoms. The van der Waals surface area contributed by atoms with Gasteiger partial charge in [0.1, 0.15) is 0 Å². The van der Waals surface area contributed by atoms with Gasteiger partial charge in [0.05, 0.1) is 23.8 Å². The molecule has 0 fully saturated rings. The lowest BCUT2D eigenvalue weighted by molar-refractivity contribution is -0.151. The summed E-state index contributed by atoms with van der Waals surface area (Å²) in [6.45, 7) is 1.57. The Hall–Kier alpha value is -2.63. The second-order valence-electron chi connectivity index (χ2n) is 5.40. The van der Waals surface area contributed by atoms with Crippen molar-refractivity contribution in [3.8, 4) is 0 Å². The first kappa shape index (κ1) is 17.7. The number of hydrogen-bond acceptors (Lipinski definition) is 5. The van der Waals surface area contributed by atoms with E-state index in [9.17, 15) is 14.4 Å². The number of allylic oxidation sites excluding steroid dienone is 2. The maximum Gasteiger partial charge on any atom is 0.340 e. The molecule has 1 atom stereocenters. The van der Waals surface area contributed by atoms with Crippen LogP contribution >= 0.6 is 0 Å². The Labute approximate surface area is 140 Å². The van der Waals surface area contributed by atoms with Gasteiger partial charge in [-0.15, -0.1) is 0 Å². The number of para-hydroxylation sites is 1. The summed E-state index contributed by atoms with van der Waals surface area (Å²) in [5, 5.41) is 2.58. The third-order valence-electron chi connectivity index (χ3n) is 3.64. The van der Waals surface area contributed by atoms with Gasteiger partial charge in [0.2, 0.25) is 0 Å². The smallest absolute Gasteiger partial charge is 0.340 e. The summed E-state index contributed by atoms with van der Waals surface area (Å²) in [5.41, 5.74) is 0.592. The molecule has 0 saturated carbocycles. The quantitative estimate of drug-likeness (QED) is 0.640. The number of anilines is 1. The Balaban J connectivity index is 1.89. The van der Waals surface area contributed by atoms with Gasteiger partial charge in [-0.05, 0) is 38.3 Å². The number of esters is 2. The number of nitrogens with one attached hydrogen (secondary N) is 1. The van der Waals surface area contributed by atoms with E-state index in [1.165, 1.54) is 0 Å². The summed E-state index contributed by atoms with van der Waals surface area (Å²) >= 11 is 0. The summed E-state index contributed by atoms with van der Waals surface area (Å²) in [5.74, 6) is -1.56. The van der Waals surface area contributed by atoms with Gasteiger partial charge in [-0.2, -0.15) is 0 Å². The van der Waals surface area contributed by atoms with E-state index < -0.39 is 11.9 Å². The van der Waals surface area contributed by atoms with Gasteiger partial charge in [-0.3, -0.25) is 9.59 Å². The zero-order valence-electron chi connectivity index (χ0n) is 13.6. The molecule has 0 saturated heterocycles. The first-order valence-electron chi connectivity index (χ1n) is 7.99. The lowest BCUT2D eigenvalue weighted by Crippen LogP contribution is -2.26. The number of ether oxygens (including phenoxy) is 2. The van der Waals surface area contributed by atoms with E-state index in [4.69, 9.17) is 9.47 Å². The molecule has 0 unspecified atom stereocenters. The SMILES string of the molecule is CCOC(=O)c1ccccc1NC(=O)COC(=O)[C@@H]1CC=CCC1. The van der Waals surface area contributed by atoms with Gasteiger partial charge >= 0.3 is 11.9 Å².